The summed E-state index contributed by atoms with van der Waals surface area (Å²) in [6.45, 7) is 1.92. The van der Waals surface area contributed by atoms with Gasteiger partial charge >= 0.3 is 6.09 Å². The van der Waals surface area contributed by atoms with Crippen molar-refractivity contribution in [1.82, 2.24) is 5.73 Å². The van der Waals surface area contributed by atoms with Crippen molar-refractivity contribution in [1.29, 1.82) is 0 Å². The predicted molar refractivity (Wildman–Crippen MR) is 49.1 cm³/mol. The van der Waals surface area contributed by atoms with E-state index in [4.69, 9.17) is 10.5 Å². The molecule has 1 aromatic rings. The fourth-order valence-electron chi connectivity index (χ4n) is 1.18. The summed E-state index contributed by atoms with van der Waals surface area (Å²) in [6.07, 6.45) is -0.573. The van der Waals surface area contributed by atoms with Crippen LogP contribution < -0.4 is 5.73 Å². The van der Waals surface area contributed by atoms with Crippen molar-refractivity contribution in [2.45, 2.75) is 19.4 Å². The summed E-state index contributed by atoms with van der Waals surface area (Å²) >= 11 is 0. The molecule has 0 saturated carbocycles. The first-order valence-electron chi connectivity index (χ1n) is 4.21. The number of nitrogens with one attached hydrogen (secondary N) is 1. The van der Waals surface area contributed by atoms with Crippen LogP contribution in [0.25, 0.3) is 0 Å². The number of rotatable bonds is 3. The number of carbonyl (C=O) groups excluding carboxylic acids is 1. The van der Waals surface area contributed by atoms with Gasteiger partial charge in [-0.05, 0) is 12.0 Å². The third kappa shape index (κ3) is 2.78. The zero-order valence-corrected chi connectivity index (χ0v) is 7.49. The van der Waals surface area contributed by atoms with Gasteiger partial charge in [0.2, 0.25) is 0 Å². The molecule has 0 bridgehead atoms. The molecule has 0 aliphatic heterocycles. The zero-order valence-electron chi connectivity index (χ0n) is 7.49. The first-order chi connectivity index (χ1) is 6.24. The summed E-state index contributed by atoms with van der Waals surface area (Å²) < 4.78 is 4.81. The van der Waals surface area contributed by atoms with Crippen molar-refractivity contribution in [2.75, 3.05) is 0 Å². The molecule has 3 nitrogen and oxygen atoms in total. The van der Waals surface area contributed by atoms with E-state index in [0.29, 0.717) is 6.42 Å². The lowest BCUT2D eigenvalue weighted by molar-refractivity contribution is 0.103. The van der Waals surface area contributed by atoms with Gasteiger partial charge in [-0.1, -0.05) is 37.3 Å². The van der Waals surface area contributed by atoms with Crippen LogP contribution in [0, 0.1) is 0 Å². The van der Waals surface area contributed by atoms with Gasteiger partial charge in [0.05, 0.1) is 0 Å². The standard InChI is InChI=1S/C10H12NO2/c1-2-9(13-10(11)12)8-6-4-3-5-7-8/h3-7,9,11H,2H2,1H3. The Hall–Kier alpha value is -1.51. The Balaban J connectivity index is 2.73. The molecular formula is C10H12NO2. The molecule has 3 heteroatoms. The van der Waals surface area contributed by atoms with Crippen molar-refractivity contribution in [3.05, 3.63) is 35.9 Å². The van der Waals surface area contributed by atoms with Crippen molar-refractivity contribution in [3.63, 3.8) is 0 Å². The second kappa shape index (κ2) is 4.50. The second-order valence-electron chi connectivity index (χ2n) is 2.71. The van der Waals surface area contributed by atoms with Crippen LogP contribution in [0.15, 0.2) is 30.3 Å². The third-order valence-electron chi connectivity index (χ3n) is 1.79. The Morgan fingerprint density at radius 3 is 2.54 bits per heavy atom. The fourth-order valence-corrected chi connectivity index (χ4v) is 1.18. The van der Waals surface area contributed by atoms with E-state index < -0.39 is 6.09 Å². The highest BCUT2D eigenvalue weighted by Gasteiger charge is 2.11. The summed E-state index contributed by atoms with van der Waals surface area (Å²) in [5.41, 5.74) is 7.64. The summed E-state index contributed by atoms with van der Waals surface area (Å²) in [5, 5.41) is 0. The van der Waals surface area contributed by atoms with Crippen molar-refractivity contribution in [3.8, 4) is 0 Å². The fraction of sp³-hybridized carbons (Fsp3) is 0.300. The number of hydrogen-bond acceptors (Lipinski definition) is 2. The molecule has 0 aliphatic rings. The van der Waals surface area contributed by atoms with E-state index >= 15 is 0 Å². The molecule has 1 rings (SSSR count). The van der Waals surface area contributed by atoms with Gasteiger partial charge in [0.25, 0.3) is 0 Å². The summed E-state index contributed by atoms with van der Waals surface area (Å²) in [4.78, 5) is 10.4. The highest BCUT2D eigenvalue weighted by Crippen LogP contribution is 2.20. The molecule has 1 amide bonds. The second-order valence-corrected chi connectivity index (χ2v) is 2.71. The molecule has 1 radical (unpaired) electrons. The average molecular weight is 178 g/mol. The molecule has 1 N–H and O–H groups in total. The SMILES string of the molecule is CCC(OC([NH])=O)c1ccccc1. The molecule has 0 heterocycles. The Morgan fingerprint density at radius 2 is 2.08 bits per heavy atom. The average Bonchev–Trinajstić information content (AvgIpc) is 2.15. The van der Waals surface area contributed by atoms with Crippen LogP contribution >= 0.6 is 0 Å². The smallest absolute Gasteiger partial charge is 0.426 e. The van der Waals surface area contributed by atoms with Crippen LogP contribution in [0.2, 0.25) is 0 Å². The summed E-state index contributed by atoms with van der Waals surface area (Å²) in [7, 11) is 0. The molecule has 0 aromatic heterocycles. The Morgan fingerprint density at radius 1 is 1.46 bits per heavy atom. The maximum Gasteiger partial charge on any atom is 0.426 e. The first kappa shape index (κ1) is 9.58. The summed E-state index contributed by atoms with van der Waals surface area (Å²) in [6, 6.07) is 9.44. The highest BCUT2D eigenvalue weighted by atomic mass is 16.6. The highest BCUT2D eigenvalue weighted by molar-refractivity contribution is 5.64. The molecule has 0 saturated heterocycles. The maximum atomic E-state index is 10.4. The van der Waals surface area contributed by atoms with Crippen LogP contribution in [0.1, 0.15) is 25.0 Å². The van der Waals surface area contributed by atoms with Gasteiger partial charge in [-0.25, -0.2) is 10.5 Å². The van der Waals surface area contributed by atoms with Gasteiger partial charge in [-0.2, -0.15) is 0 Å². The molecule has 1 aromatic carbocycles. The molecule has 69 valence electrons. The molecular weight excluding hydrogens is 166 g/mol. The lowest BCUT2D eigenvalue weighted by Gasteiger charge is -2.13. The lowest BCUT2D eigenvalue weighted by atomic mass is 10.1. The van der Waals surface area contributed by atoms with E-state index in [1.165, 1.54) is 0 Å². The van der Waals surface area contributed by atoms with E-state index in [0.717, 1.165) is 5.56 Å². The number of carbonyl (C=O) groups is 1. The van der Waals surface area contributed by atoms with Crippen LogP contribution in [0.4, 0.5) is 4.79 Å². The minimum Gasteiger partial charge on any atom is -0.440 e. The maximum absolute atomic E-state index is 10.4. The normalized spacial score (nSPS) is 12.1. The predicted octanol–water partition coefficient (Wildman–Crippen LogP) is 2.56. The number of hydrogen-bond donors (Lipinski definition) is 0. The Bertz CT molecular complexity index is 272. The number of benzene rings is 1. The molecule has 1 atom stereocenters. The monoisotopic (exact) mass is 178 g/mol. The quantitative estimate of drug-likeness (QED) is 0.714. The van der Waals surface area contributed by atoms with E-state index in [2.05, 4.69) is 0 Å². The van der Waals surface area contributed by atoms with E-state index in [1.54, 1.807) is 0 Å². The van der Waals surface area contributed by atoms with Crippen LogP contribution in [-0.4, -0.2) is 6.09 Å². The largest absolute Gasteiger partial charge is 0.440 e. The van der Waals surface area contributed by atoms with Gasteiger partial charge in [0.15, 0.2) is 0 Å². The molecule has 13 heavy (non-hydrogen) atoms. The summed E-state index contributed by atoms with van der Waals surface area (Å²) in [5.74, 6) is 0. The van der Waals surface area contributed by atoms with Crippen LogP contribution in [0.3, 0.4) is 0 Å². The minimum atomic E-state index is -0.976. The lowest BCUT2D eigenvalue weighted by Crippen LogP contribution is -2.09. The van der Waals surface area contributed by atoms with Gasteiger partial charge in [-0.15, -0.1) is 0 Å². The first-order valence-corrected chi connectivity index (χ1v) is 4.21. The zero-order chi connectivity index (χ0) is 9.68. The Labute approximate surface area is 77.5 Å². The van der Waals surface area contributed by atoms with Gasteiger partial charge in [-0.3, -0.25) is 0 Å². The number of amides is 1. The minimum absolute atomic E-state index is 0.286. The molecule has 0 aliphatic carbocycles. The Kier molecular flexibility index (Phi) is 3.31. The van der Waals surface area contributed by atoms with Crippen LogP contribution in [0.5, 0.6) is 0 Å². The van der Waals surface area contributed by atoms with Gasteiger partial charge < -0.3 is 4.74 Å². The molecule has 0 fully saturated rings. The molecule has 0 spiro atoms. The van der Waals surface area contributed by atoms with Crippen molar-refractivity contribution >= 4 is 6.09 Å². The van der Waals surface area contributed by atoms with Crippen molar-refractivity contribution in [2.24, 2.45) is 0 Å². The van der Waals surface area contributed by atoms with Gasteiger partial charge in [0.1, 0.15) is 6.10 Å². The van der Waals surface area contributed by atoms with E-state index in [-0.39, 0.29) is 6.10 Å². The van der Waals surface area contributed by atoms with Gasteiger partial charge in [0, 0.05) is 0 Å². The van der Waals surface area contributed by atoms with Crippen molar-refractivity contribution < 1.29 is 9.53 Å². The topological polar surface area (TPSA) is 50.1 Å². The van der Waals surface area contributed by atoms with E-state index in [9.17, 15) is 4.79 Å². The van der Waals surface area contributed by atoms with E-state index in [1.807, 2.05) is 37.3 Å². The molecule has 1 unspecified atom stereocenters. The van der Waals surface area contributed by atoms with Crippen LogP contribution in [-0.2, 0) is 4.74 Å². The number of ether oxygens (including phenoxy) is 1. The third-order valence-corrected chi connectivity index (χ3v) is 1.79.